The predicted molar refractivity (Wildman–Crippen MR) is 141 cm³/mol. The molecule has 12 heteroatoms. The Bertz CT molecular complexity index is 1710. The molecule has 5 rings (SSSR count). The van der Waals surface area contributed by atoms with E-state index in [1.165, 1.54) is 18.2 Å². The molecule has 0 radical (unpaired) electrons. The molecule has 0 saturated heterocycles. The second-order valence-electron chi connectivity index (χ2n) is 8.86. The molecule has 1 unspecified atom stereocenters. The molecular formula is C28H22ClF3N2O6. The SMILES string of the molecule is CCOC(Cc1cccc(Oc2c(C)n(-c3noc4cc(Cl)ccc34)c3ccc(OC(F)(F)F)cc23)c1)C(=O)O. The van der Waals surface area contributed by atoms with Crippen LogP contribution in [-0.2, 0) is 16.0 Å². The van der Waals surface area contributed by atoms with Gasteiger partial charge >= 0.3 is 12.3 Å². The van der Waals surface area contributed by atoms with Gasteiger partial charge in [0.2, 0.25) is 0 Å². The summed E-state index contributed by atoms with van der Waals surface area (Å²) < 4.78 is 61.9. The Hall–Kier alpha value is -4.22. The van der Waals surface area contributed by atoms with Crippen LogP contribution in [0.2, 0.25) is 5.02 Å². The zero-order valence-electron chi connectivity index (χ0n) is 21.2. The average molecular weight is 575 g/mol. The number of benzene rings is 3. The molecule has 1 atom stereocenters. The van der Waals surface area contributed by atoms with E-state index in [4.69, 9.17) is 25.6 Å². The van der Waals surface area contributed by atoms with Gasteiger partial charge in [0.1, 0.15) is 11.5 Å². The standard InChI is InChI=1S/C28H22ClF3N2O6/c1-3-37-24(27(35)36)12-16-5-4-6-18(11-16)38-25-15(2)34(26-20-9-7-17(29)13-23(20)40-33-26)22-10-8-19(14-21(22)25)39-28(30,31)32/h4-11,13-14,24H,3,12H2,1-2H3,(H,35,36). The smallest absolute Gasteiger partial charge is 0.479 e. The molecule has 1 N–H and O–H groups in total. The molecule has 40 heavy (non-hydrogen) atoms. The number of alkyl halides is 3. The van der Waals surface area contributed by atoms with Crippen LogP contribution >= 0.6 is 11.6 Å². The summed E-state index contributed by atoms with van der Waals surface area (Å²) in [6.07, 6.45) is -5.83. The van der Waals surface area contributed by atoms with Gasteiger partial charge in [-0.3, -0.25) is 4.57 Å². The van der Waals surface area contributed by atoms with Gasteiger partial charge in [0.15, 0.2) is 23.3 Å². The van der Waals surface area contributed by atoms with Crippen molar-refractivity contribution in [2.75, 3.05) is 6.61 Å². The maximum Gasteiger partial charge on any atom is 0.573 e. The Balaban J connectivity index is 1.62. The Morgan fingerprint density at radius 1 is 1.10 bits per heavy atom. The Morgan fingerprint density at radius 2 is 1.90 bits per heavy atom. The van der Waals surface area contributed by atoms with Crippen molar-refractivity contribution in [3.8, 4) is 23.1 Å². The van der Waals surface area contributed by atoms with Crippen molar-refractivity contribution in [1.82, 2.24) is 9.72 Å². The zero-order chi connectivity index (χ0) is 28.6. The van der Waals surface area contributed by atoms with E-state index in [2.05, 4.69) is 9.89 Å². The minimum atomic E-state index is -4.89. The minimum Gasteiger partial charge on any atom is -0.479 e. The summed E-state index contributed by atoms with van der Waals surface area (Å²) in [4.78, 5) is 11.5. The third-order valence-electron chi connectivity index (χ3n) is 6.16. The highest BCUT2D eigenvalue weighted by molar-refractivity contribution is 6.31. The summed E-state index contributed by atoms with van der Waals surface area (Å²) in [5.41, 5.74) is 2.08. The highest BCUT2D eigenvalue weighted by atomic mass is 35.5. The monoisotopic (exact) mass is 574 g/mol. The molecule has 0 bridgehead atoms. The lowest BCUT2D eigenvalue weighted by Crippen LogP contribution is -2.26. The van der Waals surface area contributed by atoms with E-state index in [9.17, 15) is 23.1 Å². The molecule has 0 saturated carbocycles. The van der Waals surface area contributed by atoms with Gasteiger partial charge in [0.05, 0.1) is 16.6 Å². The maximum absolute atomic E-state index is 13.0. The summed E-state index contributed by atoms with van der Waals surface area (Å²) in [6, 6.07) is 15.7. The molecule has 208 valence electrons. The number of aromatic nitrogens is 2. The summed E-state index contributed by atoms with van der Waals surface area (Å²) in [7, 11) is 0. The van der Waals surface area contributed by atoms with Gasteiger partial charge in [-0.15, -0.1) is 13.2 Å². The molecule has 2 aromatic heterocycles. The van der Waals surface area contributed by atoms with Gasteiger partial charge in [-0.2, -0.15) is 0 Å². The Labute approximate surface area is 230 Å². The van der Waals surface area contributed by atoms with Crippen molar-refractivity contribution in [3.63, 3.8) is 0 Å². The largest absolute Gasteiger partial charge is 0.573 e. The number of hydrogen-bond acceptors (Lipinski definition) is 6. The quantitative estimate of drug-likeness (QED) is 0.195. The zero-order valence-corrected chi connectivity index (χ0v) is 21.9. The highest BCUT2D eigenvalue weighted by Crippen LogP contribution is 2.41. The maximum atomic E-state index is 13.0. The van der Waals surface area contributed by atoms with Gasteiger partial charge in [0, 0.05) is 29.5 Å². The molecule has 0 aliphatic heterocycles. The van der Waals surface area contributed by atoms with E-state index in [0.29, 0.717) is 49.7 Å². The first kappa shape index (κ1) is 27.4. The van der Waals surface area contributed by atoms with E-state index in [1.54, 1.807) is 60.9 Å². The number of aliphatic carboxylic acids is 1. The third kappa shape index (κ3) is 5.56. The fraction of sp³-hybridized carbons (Fsp3) is 0.214. The predicted octanol–water partition coefficient (Wildman–Crippen LogP) is 7.46. The first-order chi connectivity index (χ1) is 19.0. The van der Waals surface area contributed by atoms with E-state index in [-0.39, 0.29) is 18.8 Å². The average Bonchev–Trinajstić information content (AvgIpc) is 3.40. The van der Waals surface area contributed by atoms with Crippen molar-refractivity contribution < 1.29 is 41.8 Å². The van der Waals surface area contributed by atoms with Crippen LogP contribution in [0.3, 0.4) is 0 Å². The molecule has 0 spiro atoms. The minimum absolute atomic E-state index is 0.0954. The van der Waals surface area contributed by atoms with E-state index >= 15 is 0 Å². The number of halogens is 4. The van der Waals surface area contributed by atoms with Crippen LogP contribution < -0.4 is 9.47 Å². The number of carbonyl (C=O) groups is 1. The summed E-state index contributed by atoms with van der Waals surface area (Å²) in [5.74, 6) is -0.522. The van der Waals surface area contributed by atoms with Gasteiger partial charge < -0.3 is 23.8 Å². The fourth-order valence-corrected chi connectivity index (χ4v) is 4.68. The second-order valence-corrected chi connectivity index (χ2v) is 9.30. The first-order valence-corrected chi connectivity index (χ1v) is 12.5. The summed E-state index contributed by atoms with van der Waals surface area (Å²) in [6.45, 7) is 3.67. The van der Waals surface area contributed by atoms with Crippen LogP contribution in [0.25, 0.3) is 27.7 Å². The van der Waals surface area contributed by atoms with Crippen molar-refractivity contribution >= 4 is 39.4 Å². The van der Waals surface area contributed by atoms with E-state index < -0.39 is 24.2 Å². The van der Waals surface area contributed by atoms with Crippen molar-refractivity contribution in [3.05, 3.63) is 76.9 Å². The van der Waals surface area contributed by atoms with Crippen LogP contribution in [0.5, 0.6) is 17.2 Å². The number of carboxylic acids is 1. The number of ether oxygens (including phenoxy) is 3. The lowest BCUT2D eigenvalue weighted by Gasteiger charge is -2.13. The Kier molecular flexibility index (Phi) is 7.35. The molecule has 0 aliphatic rings. The lowest BCUT2D eigenvalue weighted by atomic mass is 10.1. The van der Waals surface area contributed by atoms with Crippen molar-refractivity contribution in [1.29, 1.82) is 0 Å². The molecule has 2 heterocycles. The van der Waals surface area contributed by atoms with Crippen LogP contribution in [0.15, 0.2) is 65.2 Å². The number of carboxylic acid groups (broad SMARTS) is 1. The molecule has 3 aromatic carbocycles. The molecular weight excluding hydrogens is 553 g/mol. The van der Waals surface area contributed by atoms with Crippen LogP contribution in [0.1, 0.15) is 18.2 Å². The number of rotatable bonds is 9. The van der Waals surface area contributed by atoms with E-state index in [1.807, 2.05) is 0 Å². The third-order valence-corrected chi connectivity index (χ3v) is 6.40. The summed E-state index contributed by atoms with van der Waals surface area (Å²) >= 11 is 6.08. The van der Waals surface area contributed by atoms with Gasteiger partial charge in [-0.05, 0) is 61.9 Å². The van der Waals surface area contributed by atoms with Crippen molar-refractivity contribution in [2.24, 2.45) is 0 Å². The molecule has 8 nitrogen and oxygen atoms in total. The lowest BCUT2D eigenvalue weighted by molar-refractivity contribution is -0.274. The number of hydrogen-bond donors (Lipinski definition) is 1. The normalized spacial score (nSPS) is 12.7. The second kappa shape index (κ2) is 10.7. The Morgan fingerprint density at radius 3 is 2.62 bits per heavy atom. The van der Waals surface area contributed by atoms with Crippen LogP contribution in [0, 0.1) is 6.92 Å². The van der Waals surface area contributed by atoms with E-state index in [0.717, 1.165) is 0 Å². The van der Waals surface area contributed by atoms with Gasteiger partial charge in [-0.25, -0.2) is 4.79 Å². The molecule has 0 amide bonds. The topological polar surface area (TPSA) is 96.0 Å². The van der Waals surface area contributed by atoms with Gasteiger partial charge in [0.25, 0.3) is 0 Å². The molecule has 0 aliphatic carbocycles. The first-order valence-electron chi connectivity index (χ1n) is 12.1. The fourth-order valence-electron chi connectivity index (χ4n) is 4.51. The summed E-state index contributed by atoms with van der Waals surface area (Å²) in [5, 5.41) is 15.0. The van der Waals surface area contributed by atoms with Crippen LogP contribution in [0.4, 0.5) is 13.2 Å². The van der Waals surface area contributed by atoms with Gasteiger partial charge in [-0.1, -0.05) is 28.9 Å². The molecule has 0 fully saturated rings. The molecule has 5 aromatic rings. The van der Waals surface area contributed by atoms with Crippen molar-refractivity contribution in [2.45, 2.75) is 32.7 Å². The highest BCUT2D eigenvalue weighted by Gasteiger charge is 2.32. The van der Waals surface area contributed by atoms with Crippen LogP contribution in [-0.4, -0.2) is 39.9 Å². The number of fused-ring (bicyclic) bond motifs is 2. The number of nitrogens with zero attached hydrogens (tertiary/aromatic N) is 2.